The van der Waals surface area contributed by atoms with Crippen molar-refractivity contribution in [2.75, 3.05) is 13.1 Å². The third-order valence-electron chi connectivity index (χ3n) is 3.13. The second-order valence-corrected chi connectivity index (χ2v) is 4.64. The zero-order valence-corrected chi connectivity index (χ0v) is 10.0. The van der Waals surface area contributed by atoms with Gasteiger partial charge in [0.1, 0.15) is 5.82 Å². The molecule has 1 amide bonds. The normalized spacial score (nSPS) is 15.3. The van der Waals surface area contributed by atoms with E-state index in [1.807, 2.05) is 0 Å². The van der Waals surface area contributed by atoms with Gasteiger partial charge in [0.2, 0.25) is 0 Å². The van der Waals surface area contributed by atoms with E-state index < -0.39 is 11.8 Å². The van der Waals surface area contributed by atoms with Crippen molar-refractivity contribution < 1.29 is 19.1 Å². The van der Waals surface area contributed by atoms with Gasteiger partial charge in [0.15, 0.2) is 0 Å². The van der Waals surface area contributed by atoms with Gasteiger partial charge in [-0.05, 0) is 24.6 Å². The summed E-state index contributed by atoms with van der Waals surface area (Å²) in [4.78, 5) is 24.0. The zero-order chi connectivity index (χ0) is 13.3. The number of benzene rings is 1. The van der Waals surface area contributed by atoms with Crippen molar-refractivity contribution in [3.05, 3.63) is 35.1 Å². The first-order chi connectivity index (χ1) is 8.47. The van der Waals surface area contributed by atoms with Crippen LogP contribution in [-0.2, 0) is 4.79 Å². The van der Waals surface area contributed by atoms with Gasteiger partial charge >= 0.3 is 5.97 Å². The molecule has 1 aliphatic rings. The number of amides is 1. The van der Waals surface area contributed by atoms with Crippen LogP contribution in [0, 0.1) is 18.7 Å². The highest BCUT2D eigenvalue weighted by Gasteiger charge is 2.32. The summed E-state index contributed by atoms with van der Waals surface area (Å²) in [5.41, 5.74) is 0.811. The summed E-state index contributed by atoms with van der Waals surface area (Å²) in [5, 5.41) is 8.60. The first kappa shape index (κ1) is 12.5. The highest BCUT2D eigenvalue weighted by atomic mass is 19.1. The first-order valence-corrected chi connectivity index (χ1v) is 5.74. The summed E-state index contributed by atoms with van der Waals surface area (Å²) in [6.45, 7) is 2.50. The molecule has 18 heavy (non-hydrogen) atoms. The highest BCUT2D eigenvalue weighted by molar-refractivity contribution is 5.94. The van der Waals surface area contributed by atoms with E-state index in [9.17, 15) is 14.0 Å². The lowest BCUT2D eigenvalue weighted by Crippen LogP contribution is -2.50. The van der Waals surface area contributed by atoms with Crippen molar-refractivity contribution in [2.45, 2.75) is 13.3 Å². The fourth-order valence-electron chi connectivity index (χ4n) is 2.02. The second-order valence-electron chi connectivity index (χ2n) is 4.64. The number of carbonyl (C=O) groups excluding carboxylic acids is 1. The van der Waals surface area contributed by atoms with Crippen LogP contribution in [0.15, 0.2) is 18.2 Å². The summed E-state index contributed by atoms with van der Waals surface area (Å²) in [5.74, 6) is -1.48. The van der Waals surface area contributed by atoms with E-state index in [1.165, 1.54) is 11.0 Å². The number of hydrogen-bond donors (Lipinski definition) is 1. The smallest absolute Gasteiger partial charge is 0.303 e. The van der Waals surface area contributed by atoms with Gasteiger partial charge in [-0.1, -0.05) is 6.07 Å². The molecular weight excluding hydrogens is 237 g/mol. The molecule has 1 aliphatic heterocycles. The predicted octanol–water partition coefficient (Wildman–Crippen LogP) is 1.68. The lowest BCUT2D eigenvalue weighted by atomic mass is 9.95. The van der Waals surface area contributed by atoms with E-state index >= 15 is 0 Å². The summed E-state index contributed by atoms with van der Waals surface area (Å²) in [6.07, 6.45) is 0.0754. The van der Waals surface area contributed by atoms with Crippen molar-refractivity contribution in [3.8, 4) is 0 Å². The molecule has 0 aliphatic carbocycles. The molecular formula is C13H14FNO3. The standard InChI is InChI=1S/C13H14FNO3/c1-8-2-3-10(5-11(8)14)13(18)15-6-9(7-15)4-12(16)17/h2-3,5,9H,4,6-7H2,1H3,(H,16,17). The van der Waals surface area contributed by atoms with Crippen LogP contribution in [0.1, 0.15) is 22.3 Å². The van der Waals surface area contributed by atoms with Crippen LogP contribution < -0.4 is 0 Å². The summed E-state index contributed by atoms with van der Waals surface area (Å²) < 4.78 is 13.3. The van der Waals surface area contributed by atoms with Crippen molar-refractivity contribution in [1.82, 2.24) is 4.90 Å². The Morgan fingerprint density at radius 1 is 1.44 bits per heavy atom. The van der Waals surface area contributed by atoms with Gasteiger partial charge in [-0.15, -0.1) is 0 Å². The first-order valence-electron chi connectivity index (χ1n) is 5.74. The van der Waals surface area contributed by atoms with Gasteiger partial charge in [0.25, 0.3) is 5.91 Å². The average Bonchev–Trinajstić information content (AvgIpc) is 2.25. The molecule has 0 radical (unpaired) electrons. The van der Waals surface area contributed by atoms with Crippen LogP contribution in [0.25, 0.3) is 0 Å². The molecule has 1 heterocycles. The van der Waals surface area contributed by atoms with E-state index in [2.05, 4.69) is 0 Å². The lowest BCUT2D eigenvalue weighted by molar-refractivity contribution is -0.139. The van der Waals surface area contributed by atoms with Gasteiger partial charge in [-0.2, -0.15) is 0 Å². The number of rotatable bonds is 3. The number of carboxylic acid groups (broad SMARTS) is 1. The van der Waals surface area contributed by atoms with Crippen molar-refractivity contribution in [3.63, 3.8) is 0 Å². The number of likely N-dealkylation sites (tertiary alicyclic amines) is 1. The maximum Gasteiger partial charge on any atom is 0.303 e. The Balaban J connectivity index is 1.97. The molecule has 0 unspecified atom stereocenters. The number of carboxylic acids is 1. The number of carbonyl (C=O) groups is 2. The van der Waals surface area contributed by atoms with Gasteiger partial charge in [0, 0.05) is 24.6 Å². The third kappa shape index (κ3) is 2.50. The molecule has 1 aromatic carbocycles. The average molecular weight is 251 g/mol. The minimum atomic E-state index is -0.853. The Labute approximate surface area is 104 Å². The Bertz CT molecular complexity index is 495. The van der Waals surface area contributed by atoms with Crippen molar-refractivity contribution in [2.24, 2.45) is 5.92 Å². The van der Waals surface area contributed by atoms with Crippen molar-refractivity contribution >= 4 is 11.9 Å². The van der Waals surface area contributed by atoms with E-state index in [4.69, 9.17) is 5.11 Å². The molecule has 1 saturated heterocycles. The van der Waals surface area contributed by atoms with E-state index in [0.29, 0.717) is 24.2 Å². The molecule has 96 valence electrons. The molecule has 0 saturated carbocycles. The van der Waals surface area contributed by atoms with Gasteiger partial charge < -0.3 is 10.0 Å². The Morgan fingerprint density at radius 2 is 2.11 bits per heavy atom. The Hall–Kier alpha value is -1.91. The van der Waals surface area contributed by atoms with Gasteiger partial charge in [-0.25, -0.2) is 4.39 Å². The molecule has 0 atom stereocenters. The third-order valence-corrected chi connectivity index (χ3v) is 3.13. The molecule has 2 rings (SSSR count). The molecule has 1 N–H and O–H groups in total. The Kier molecular flexibility index (Phi) is 3.32. The largest absolute Gasteiger partial charge is 0.481 e. The maximum absolute atomic E-state index is 13.3. The van der Waals surface area contributed by atoms with E-state index in [1.54, 1.807) is 19.1 Å². The minimum Gasteiger partial charge on any atom is -0.481 e. The van der Waals surface area contributed by atoms with E-state index in [0.717, 1.165) is 0 Å². The fraction of sp³-hybridized carbons (Fsp3) is 0.385. The number of aryl methyl sites for hydroxylation is 1. The van der Waals surface area contributed by atoms with Crippen LogP contribution in [0.4, 0.5) is 4.39 Å². The minimum absolute atomic E-state index is 0.0155. The number of halogens is 1. The molecule has 4 nitrogen and oxygen atoms in total. The highest BCUT2D eigenvalue weighted by Crippen LogP contribution is 2.22. The molecule has 1 aromatic rings. The van der Waals surface area contributed by atoms with Crippen molar-refractivity contribution in [1.29, 1.82) is 0 Å². The predicted molar refractivity (Wildman–Crippen MR) is 62.8 cm³/mol. The SMILES string of the molecule is Cc1ccc(C(=O)N2CC(CC(=O)O)C2)cc1F. The molecule has 5 heteroatoms. The monoisotopic (exact) mass is 251 g/mol. The van der Waals surface area contributed by atoms with E-state index in [-0.39, 0.29) is 18.2 Å². The van der Waals surface area contributed by atoms with Crippen LogP contribution in [0.5, 0.6) is 0 Å². The molecule has 0 spiro atoms. The molecule has 1 fully saturated rings. The quantitative estimate of drug-likeness (QED) is 0.889. The maximum atomic E-state index is 13.3. The number of aliphatic carboxylic acids is 1. The van der Waals surface area contributed by atoms with Crippen LogP contribution in [-0.4, -0.2) is 35.0 Å². The number of hydrogen-bond acceptors (Lipinski definition) is 2. The van der Waals surface area contributed by atoms with Gasteiger partial charge in [0.05, 0.1) is 6.42 Å². The summed E-state index contributed by atoms with van der Waals surface area (Å²) in [7, 11) is 0. The van der Waals surface area contributed by atoms with Crippen LogP contribution in [0.2, 0.25) is 0 Å². The summed E-state index contributed by atoms with van der Waals surface area (Å²) in [6, 6.07) is 4.38. The molecule has 0 aromatic heterocycles. The van der Waals surface area contributed by atoms with Gasteiger partial charge in [-0.3, -0.25) is 9.59 Å². The summed E-state index contributed by atoms with van der Waals surface area (Å²) >= 11 is 0. The fourth-order valence-corrected chi connectivity index (χ4v) is 2.02. The van der Waals surface area contributed by atoms with Crippen LogP contribution in [0.3, 0.4) is 0 Å². The number of nitrogens with zero attached hydrogens (tertiary/aromatic N) is 1. The topological polar surface area (TPSA) is 57.6 Å². The lowest BCUT2D eigenvalue weighted by Gasteiger charge is -2.38. The Morgan fingerprint density at radius 3 is 2.67 bits per heavy atom. The molecule has 0 bridgehead atoms. The zero-order valence-electron chi connectivity index (χ0n) is 10.0. The second kappa shape index (κ2) is 4.76. The van der Waals surface area contributed by atoms with Crippen LogP contribution >= 0.6 is 0 Å².